The van der Waals surface area contributed by atoms with Crippen LogP contribution < -0.4 is 5.32 Å². The van der Waals surface area contributed by atoms with E-state index in [4.69, 9.17) is 9.84 Å². The highest BCUT2D eigenvalue weighted by atomic mass is 32.2. The number of hydrogen-bond acceptors (Lipinski definition) is 7. The number of imide groups is 1. The summed E-state index contributed by atoms with van der Waals surface area (Å²) in [5.41, 5.74) is 0.773. The first kappa shape index (κ1) is 21.8. The fourth-order valence-electron chi connectivity index (χ4n) is 2.49. The molecule has 0 aromatic carbocycles. The highest BCUT2D eigenvalue weighted by Crippen LogP contribution is 2.37. The quantitative estimate of drug-likeness (QED) is 0.608. The summed E-state index contributed by atoms with van der Waals surface area (Å²) in [7, 11) is 1.22. The predicted octanol–water partition coefficient (Wildman–Crippen LogP) is 2.32. The molecule has 2 N–H and O–H groups in total. The van der Waals surface area contributed by atoms with E-state index in [0.29, 0.717) is 36.4 Å². The molecule has 9 nitrogen and oxygen atoms in total. The van der Waals surface area contributed by atoms with Gasteiger partial charge in [-0.25, -0.2) is 14.5 Å². The van der Waals surface area contributed by atoms with Gasteiger partial charge in [0.1, 0.15) is 0 Å². The topological polar surface area (TPSA) is 122 Å². The molecule has 0 bridgehead atoms. The summed E-state index contributed by atoms with van der Waals surface area (Å²) in [6.45, 7) is 2.97. The van der Waals surface area contributed by atoms with E-state index in [0.717, 1.165) is 4.90 Å². The predicted molar refractivity (Wildman–Crippen MR) is 94.5 cm³/mol. The molecule has 1 unspecified atom stereocenters. The number of amides is 3. The third kappa shape index (κ3) is 6.25. The van der Waals surface area contributed by atoms with E-state index in [1.54, 1.807) is 6.92 Å². The fourth-order valence-corrected chi connectivity index (χ4v) is 3.82. The lowest BCUT2D eigenvalue weighted by Gasteiger charge is -2.25. The molecular weight excluding hydrogens is 364 g/mol. The lowest BCUT2D eigenvalue weighted by molar-refractivity contribution is -0.137. The normalized spacial score (nSPS) is 16.2. The molecule has 3 amide bonds. The molecule has 0 saturated heterocycles. The van der Waals surface area contributed by atoms with Crippen LogP contribution in [0.4, 0.5) is 9.59 Å². The molecule has 0 spiro atoms. The van der Waals surface area contributed by atoms with Gasteiger partial charge in [-0.15, -0.1) is 11.8 Å². The second kappa shape index (κ2) is 10.7. The van der Waals surface area contributed by atoms with Crippen LogP contribution in [0.2, 0.25) is 0 Å². The maximum atomic E-state index is 12.3. The number of aliphatic carboxylic acids is 1. The Bertz CT molecular complexity index is 591. The van der Waals surface area contributed by atoms with Gasteiger partial charge in [-0.1, -0.05) is 6.42 Å². The van der Waals surface area contributed by atoms with Gasteiger partial charge in [0, 0.05) is 24.3 Å². The number of alkyl carbamates (subject to hydrolysis) is 1. The van der Waals surface area contributed by atoms with Crippen molar-refractivity contribution >= 4 is 35.8 Å². The largest absolute Gasteiger partial charge is 0.481 e. The van der Waals surface area contributed by atoms with E-state index in [1.807, 2.05) is 0 Å². The van der Waals surface area contributed by atoms with Crippen molar-refractivity contribution in [2.45, 2.75) is 44.8 Å². The monoisotopic (exact) mass is 388 g/mol. The minimum absolute atomic E-state index is 0.0536. The first-order valence-corrected chi connectivity index (χ1v) is 9.25. The molecule has 1 atom stereocenters. The number of hydrogen-bond donors (Lipinski definition) is 2. The molecule has 0 aromatic rings. The number of methoxy groups -OCH3 is 1. The summed E-state index contributed by atoms with van der Waals surface area (Å²) in [6, 6.07) is 0. The van der Waals surface area contributed by atoms with Crippen molar-refractivity contribution in [3.63, 3.8) is 0 Å². The van der Waals surface area contributed by atoms with Gasteiger partial charge >= 0.3 is 18.2 Å². The van der Waals surface area contributed by atoms with E-state index >= 15 is 0 Å². The van der Waals surface area contributed by atoms with Crippen molar-refractivity contribution in [3.05, 3.63) is 11.4 Å². The Labute approximate surface area is 156 Å². The molecule has 0 saturated carbocycles. The van der Waals surface area contributed by atoms with Gasteiger partial charge in [-0.3, -0.25) is 14.9 Å². The Morgan fingerprint density at radius 1 is 1.31 bits per heavy atom. The molecule has 146 valence electrons. The van der Waals surface area contributed by atoms with E-state index in [-0.39, 0.29) is 18.3 Å². The van der Waals surface area contributed by atoms with Crippen LogP contribution in [-0.4, -0.2) is 58.8 Å². The van der Waals surface area contributed by atoms with Gasteiger partial charge in [0.25, 0.3) is 0 Å². The molecule has 26 heavy (non-hydrogen) atoms. The lowest BCUT2D eigenvalue weighted by Crippen LogP contribution is -2.40. The molecule has 1 aliphatic heterocycles. The Morgan fingerprint density at radius 2 is 2.00 bits per heavy atom. The van der Waals surface area contributed by atoms with Gasteiger partial charge < -0.3 is 14.6 Å². The summed E-state index contributed by atoms with van der Waals surface area (Å²) in [5, 5.41) is 11.0. The van der Waals surface area contributed by atoms with Gasteiger partial charge in [0.2, 0.25) is 5.91 Å². The van der Waals surface area contributed by atoms with Crippen molar-refractivity contribution in [2.24, 2.45) is 0 Å². The van der Waals surface area contributed by atoms with Crippen LogP contribution in [0.5, 0.6) is 0 Å². The first-order chi connectivity index (χ1) is 12.3. The molecule has 0 aliphatic carbocycles. The van der Waals surface area contributed by atoms with Gasteiger partial charge in [-0.2, -0.15) is 0 Å². The summed E-state index contributed by atoms with van der Waals surface area (Å²) < 4.78 is 9.55. The first-order valence-electron chi connectivity index (χ1n) is 8.20. The number of nitrogens with one attached hydrogen (secondary N) is 1. The van der Waals surface area contributed by atoms with Crippen LogP contribution in [0.25, 0.3) is 0 Å². The summed E-state index contributed by atoms with van der Waals surface area (Å²) >= 11 is 1.46. The van der Waals surface area contributed by atoms with Crippen LogP contribution >= 0.6 is 11.8 Å². The molecule has 1 rings (SSSR count). The number of carboxylic acids is 1. The zero-order chi connectivity index (χ0) is 19.7. The van der Waals surface area contributed by atoms with E-state index in [2.05, 4.69) is 10.1 Å². The number of carbonyl (C=O) groups is 4. The minimum Gasteiger partial charge on any atom is -0.481 e. The highest BCUT2D eigenvalue weighted by Gasteiger charge is 2.36. The number of thioether (sulfide) groups is 1. The standard InChI is InChI=1S/C16H24N2O7S/c1-4-25-16(23)18(10(2)19)14-11(17-15(22)24-3)9-26-12(14)7-5-6-8-13(20)21/h12H,4-9H2,1-3H3,(H,17,22)(H,20,21). The number of nitrogens with zero attached hydrogens (tertiary/aromatic N) is 1. The summed E-state index contributed by atoms with van der Waals surface area (Å²) in [6.07, 6.45) is 0.196. The number of rotatable bonds is 8. The van der Waals surface area contributed by atoms with Gasteiger partial charge in [0.15, 0.2) is 0 Å². The Hall–Kier alpha value is -2.23. The number of carbonyl (C=O) groups excluding carboxylic acids is 3. The average Bonchev–Trinajstić information content (AvgIpc) is 2.94. The average molecular weight is 388 g/mol. The Morgan fingerprint density at radius 3 is 2.54 bits per heavy atom. The maximum Gasteiger partial charge on any atom is 0.421 e. The lowest BCUT2D eigenvalue weighted by atomic mass is 10.1. The molecule has 0 aromatic heterocycles. The van der Waals surface area contributed by atoms with Crippen LogP contribution in [0, 0.1) is 0 Å². The van der Waals surface area contributed by atoms with Crippen molar-refractivity contribution < 1.29 is 33.8 Å². The molecular formula is C16H24N2O7S. The molecule has 1 heterocycles. The second-order valence-electron chi connectivity index (χ2n) is 5.47. The molecule has 10 heteroatoms. The third-order valence-electron chi connectivity index (χ3n) is 3.59. The maximum absolute atomic E-state index is 12.3. The van der Waals surface area contributed by atoms with E-state index < -0.39 is 24.1 Å². The van der Waals surface area contributed by atoms with Crippen LogP contribution in [0.3, 0.4) is 0 Å². The summed E-state index contributed by atoms with van der Waals surface area (Å²) in [5.74, 6) is -1.01. The number of unbranched alkanes of at least 4 members (excludes halogenated alkanes) is 1. The minimum atomic E-state index is -0.871. The summed E-state index contributed by atoms with van der Waals surface area (Å²) in [4.78, 5) is 47.5. The van der Waals surface area contributed by atoms with Crippen LogP contribution in [-0.2, 0) is 19.1 Å². The zero-order valence-corrected chi connectivity index (χ0v) is 15.9. The molecule has 0 fully saturated rings. The number of carboxylic acid groups (broad SMARTS) is 1. The van der Waals surface area contributed by atoms with Gasteiger partial charge in [-0.05, 0) is 19.8 Å². The van der Waals surface area contributed by atoms with Crippen LogP contribution in [0.1, 0.15) is 39.5 Å². The van der Waals surface area contributed by atoms with Crippen molar-refractivity contribution in [1.29, 1.82) is 0 Å². The third-order valence-corrected chi connectivity index (χ3v) is 4.91. The van der Waals surface area contributed by atoms with E-state index in [9.17, 15) is 19.2 Å². The Kier molecular flexibility index (Phi) is 8.97. The van der Waals surface area contributed by atoms with Gasteiger partial charge in [0.05, 0.1) is 25.1 Å². The smallest absolute Gasteiger partial charge is 0.421 e. The number of ether oxygens (including phenoxy) is 2. The van der Waals surface area contributed by atoms with Crippen LogP contribution in [0.15, 0.2) is 11.4 Å². The SMILES string of the molecule is CCOC(=O)N(C(C)=O)C1=C(NC(=O)OC)CSC1CCCCC(=O)O. The second-order valence-corrected chi connectivity index (χ2v) is 6.66. The zero-order valence-electron chi connectivity index (χ0n) is 15.1. The molecule has 1 aliphatic rings. The van der Waals surface area contributed by atoms with Crippen molar-refractivity contribution in [3.8, 4) is 0 Å². The van der Waals surface area contributed by atoms with Crippen molar-refractivity contribution in [2.75, 3.05) is 19.5 Å². The van der Waals surface area contributed by atoms with E-state index in [1.165, 1.54) is 25.8 Å². The molecule has 0 radical (unpaired) electrons. The Balaban J connectivity index is 3.05. The highest BCUT2D eigenvalue weighted by molar-refractivity contribution is 8.00. The fraction of sp³-hybridized carbons (Fsp3) is 0.625. The van der Waals surface area contributed by atoms with Crippen molar-refractivity contribution in [1.82, 2.24) is 10.2 Å².